The number of nitrogens with zero attached hydrogens (tertiary/aromatic N) is 1. The molecule has 0 spiro atoms. The molecule has 3 N–H and O–H groups in total. The van der Waals surface area contributed by atoms with Crippen molar-refractivity contribution in [3.63, 3.8) is 0 Å². The van der Waals surface area contributed by atoms with Crippen LogP contribution in [0.25, 0.3) is 0 Å². The van der Waals surface area contributed by atoms with Gasteiger partial charge in [-0.3, -0.25) is 19.8 Å². The van der Waals surface area contributed by atoms with Gasteiger partial charge in [-0.05, 0) is 38.9 Å². The number of hydrogen-bond acceptors (Lipinski definition) is 4. The molecule has 25 heavy (non-hydrogen) atoms. The third kappa shape index (κ3) is 6.93. The number of hydrogen-bond donors (Lipinski definition) is 3. The van der Waals surface area contributed by atoms with Crippen molar-refractivity contribution in [2.75, 3.05) is 25.5 Å². The molecule has 0 saturated heterocycles. The summed E-state index contributed by atoms with van der Waals surface area (Å²) in [6, 6.07) is 7.17. The van der Waals surface area contributed by atoms with E-state index in [0.717, 1.165) is 31.2 Å². The highest BCUT2D eigenvalue weighted by molar-refractivity contribution is 5.96. The molecule has 7 heteroatoms. The molecule has 1 fully saturated rings. The van der Waals surface area contributed by atoms with Gasteiger partial charge < -0.3 is 10.6 Å². The van der Waals surface area contributed by atoms with Gasteiger partial charge in [-0.1, -0.05) is 30.5 Å². The van der Waals surface area contributed by atoms with Crippen LogP contribution in [0.5, 0.6) is 0 Å². The van der Waals surface area contributed by atoms with E-state index in [0.29, 0.717) is 5.69 Å². The Balaban J connectivity index is 1.68. The van der Waals surface area contributed by atoms with E-state index < -0.39 is 11.9 Å². The second-order valence-corrected chi connectivity index (χ2v) is 6.59. The minimum absolute atomic E-state index is 0.0284. The van der Waals surface area contributed by atoms with Gasteiger partial charge in [0.15, 0.2) is 0 Å². The van der Waals surface area contributed by atoms with E-state index in [-0.39, 0.29) is 25.0 Å². The summed E-state index contributed by atoms with van der Waals surface area (Å²) in [7, 11) is 1.66. The Labute approximate surface area is 148 Å². The molecule has 0 radical (unpaired) electrons. The first-order chi connectivity index (χ1) is 11.9. The van der Waals surface area contributed by atoms with Gasteiger partial charge >= 0.3 is 6.03 Å². The molecule has 0 atom stereocenters. The summed E-state index contributed by atoms with van der Waals surface area (Å²) in [6.07, 6.45) is 4.14. The zero-order valence-electron chi connectivity index (χ0n) is 14.8. The van der Waals surface area contributed by atoms with E-state index in [1.54, 1.807) is 11.9 Å². The van der Waals surface area contributed by atoms with Crippen LogP contribution in [0.2, 0.25) is 0 Å². The number of nitrogens with one attached hydrogen (secondary N) is 3. The van der Waals surface area contributed by atoms with E-state index in [1.165, 1.54) is 0 Å². The van der Waals surface area contributed by atoms with Crippen LogP contribution in [0.3, 0.4) is 0 Å². The van der Waals surface area contributed by atoms with E-state index in [1.807, 2.05) is 31.2 Å². The Hall–Kier alpha value is -2.41. The van der Waals surface area contributed by atoms with E-state index >= 15 is 0 Å². The first kappa shape index (κ1) is 18.9. The molecule has 0 heterocycles. The predicted molar refractivity (Wildman–Crippen MR) is 96.2 cm³/mol. The highest BCUT2D eigenvalue weighted by Crippen LogP contribution is 2.17. The maximum Gasteiger partial charge on any atom is 0.321 e. The SMILES string of the molecule is Cc1ccc(NC(=O)CN(C)CC(=O)NC(=O)NC2CCCC2)cc1. The molecule has 1 aromatic carbocycles. The average Bonchev–Trinajstić information content (AvgIpc) is 3.01. The summed E-state index contributed by atoms with van der Waals surface area (Å²) in [5, 5.41) is 7.87. The van der Waals surface area contributed by atoms with Crippen LogP contribution in [-0.2, 0) is 9.59 Å². The van der Waals surface area contributed by atoms with Crippen molar-refractivity contribution in [3.05, 3.63) is 29.8 Å². The van der Waals surface area contributed by atoms with Crippen LogP contribution < -0.4 is 16.0 Å². The summed E-state index contributed by atoms with van der Waals surface area (Å²) in [4.78, 5) is 37.1. The van der Waals surface area contributed by atoms with Gasteiger partial charge in [-0.15, -0.1) is 0 Å². The van der Waals surface area contributed by atoms with Crippen molar-refractivity contribution >= 4 is 23.5 Å². The number of amides is 4. The molecule has 1 aromatic rings. The topological polar surface area (TPSA) is 90.5 Å². The molecule has 1 aliphatic rings. The second kappa shape index (κ2) is 9.17. The van der Waals surface area contributed by atoms with Crippen molar-refractivity contribution in [2.45, 2.75) is 38.6 Å². The molecule has 1 aliphatic carbocycles. The van der Waals surface area contributed by atoms with Crippen LogP contribution in [0.4, 0.5) is 10.5 Å². The van der Waals surface area contributed by atoms with Crippen molar-refractivity contribution in [3.8, 4) is 0 Å². The smallest absolute Gasteiger partial charge is 0.321 e. The largest absolute Gasteiger partial charge is 0.335 e. The molecule has 4 amide bonds. The lowest BCUT2D eigenvalue weighted by atomic mass is 10.2. The van der Waals surface area contributed by atoms with Crippen molar-refractivity contribution in [1.82, 2.24) is 15.5 Å². The van der Waals surface area contributed by atoms with Gasteiger partial charge in [-0.25, -0.2) is 4.79 Å². The monoisotopic (exact) mass is 346 g/mol. The Morgan fingerprint density at radius 3 is 2.28 bits per heavy atom. The average molecular weight is 346 g/mol. The highest BCUT2D eigenvalue weighted by atomic mass is 16.2. The molecular formula is C18H26N4O3. The molecule has 0 bridgehead atoms. The number of anilines is 1. The number of likely N-dealkylation sites (N-methyl/N-ethyl adjacent to an activating group) is 1. The fourth-order valence-corrected chi connectivity index (χ4v) is 2.84. The quantitative estimate of drug-likeness (QED) is 0.730. The molecule has 1 saturated carbocycles. The van der Waals surface area contributed by atoms with Crippen LogP contribution in [0, 0.1) is 6.92 Å². The molecule has 0 aromatic heterocycles. The van der Waals surface area contributed by atoms with Crippen LogP contribution in [-0.4, -0.2) is 48.9 Å². The molecule has 7 nitrogen and oxygen atoms in total. The molecule has 136 valence electrons. The maximum atomic E-state index is 12.0. The van der Waals surface area contributed by atoms with Gasteiger partial charge in [0.1, 0.15) is 0 Å². The van der Waals surface area contributed by atoms with Crippen molar-refractivity contribution in [1.29, 1.82) is 0 Å². The number of aryl methyl sites for hydroxylation is 1. The lowest BCUT2D eigenvalue weighted by Gasteiger charge is -2.17. The predicted octanol–water partition coefficient (Wildman–Crippen LogP) is 1.63. The first-order valence-electron chi connectivity index (χ1n) is 8.58. The Kier molecular flexibility index (Phi) is 6.94. The Morgan fingerprint density at radius 2 is 1.64 bits per heavy atom. The standard InChI is InChI=1S/C18H26N4O3/c1-13-7-9-15(10-8-13)19-16(23)11-22(2)12-17(24)21-18(25)20-14-5-3-4-6-14/h7-10,14H,3-6,11-12H2,1-2H3,(H,19,23)(H2,20,21,24,25). The number of rotatable bonds is 6. The minimum Gasteiger partial charge on any atom is -0.335 e. The summed E-state index contributed by atoms with van der Waals surface area (Å²) >= 11 is 0. The van der Waals surface area contributed by atoms with Crippen LogP contribution >= 0.6 is 0 Å². The number of benzene rings is 1. The fourth-order valence-electron chi connectivity index (χ4n) is 2.84. The summed E-state index contributed by atoms with van der Waals surface area (Å²) in [6.45, 7) is 2.01. The maximum absolute atomic E-state index is 12.0. The van der Waals surface area contributed by atoms with Gasteiger partial charge in [0.2, 0.25) is 11.8 Å². The summed E-state index contributed by atoms with van der Waals surface area (Å²) < 4.78 is 0. The zero-order valence-corrected chi connectivity index (χ0v) is 14.8. The van der Waals surface area contributed by atoms with E-state index in [9.17, 15) is 14.4 Å². The third-order valence-electron chi connectivity index (χ3n) is 4.11. The first-order valence-corrected chi connectivity index (χ1v) is 8.58. The Bertz CT molecular complexity index is 609. The zero-order chi connectivity index (χ0) is 18.2. The lowest BCUT2D eigenvalue weighted by molar-refractivity contribution is -0.122. The Morgan fingerprint density at radius 1 is 1.04 bits per heavy atom. The molecule has 2 rings (SSSR count). The molecular weight excluding hydrogens is 320 g/mol. The van der Waals surface area contributed by atoms with Gasteiger partial charge in [0.25, 0.3) is 0 Å². The van der Waals surface area contributed by atoms with Gasteiger partial charge in [0.05, 0.1) is 13.1 Å². The number of carbonyl (C=O) groups excluding carboxylic acids is 3. The van der Waals surface area contributed by atoms with Crippen LogP contribution in [0.1, 0.15) is 31.2 Å². The lowest BCUT2D eigenvalue weighted by Crippen LogP contribution is -2.47. The second-order valence-electron chi connectivity index (χ2n) is 6.59. The number of imide groups is 1. The van der Waals surface area contributed by atoms with E-state index in [2.05, 4.69) is 16.0 Å². The normalized spacial score (nSPS) is 14.4. The summed E-state index contributed by atoms with van der Waals surface area (Å²) in [5.41, 5.74) is 1.83. The molecule has 0 unspecified atom stereocenters. The van der Waals surface area contributed by atoms with Crippen LogP contribution in [0.15, 0.2) is 24.3 Å². The summed E-state index contributed by atoms with van der Waals surface area (Å²) in [5.74, 6) is -0.643. The van der Waals surface area contributed by atoms with Gasteiger partial charge in [0, 0.05) is 11.7 Å². The third-order valence-corrected chi connectivity index (χ3v) is 4.11. The van der Waals surface area contributed by atoms with Crippen molar-refractivity contribution in [2.24, 2.45) is 0 Å². The fraction of sp³-hybridized carbons (Fsp3) is 0.500. The number of carbonyl (C=O) groups is 3. The van der Waals surface area contributed by atoms with E-state index in [4.69, 9.17) is 0 Å². The number of urea groups is 1. The molecule has 0 aliphatic heterocycles. The highest BCUT2D eigenvalue weighted by Gasteiger charge is 2.19. The van der Waals surface area contributed by atoms with Gasteiger partial charge in [-0.2, -0.15) is 0 Å². The van der Waals surface area contributed by atoms with Crippen molar-refractivity contribution < 1.29 is 14.4 Å². The minimum atomic E-state index is -0.464.